The van der Waals surface area contributed by atoms with E-state index in [0.717, 1.165) is 0 Å². The molecule has 0 saturated heterocycles. The lowest BCUT2D eigenvalue weighted by atomic mass is 10.0. The van der Waals surface area contributed by atoms with Crippen molar-refractivity contribution >= 4 is 40.6 Å². The van der Waals surface area contributed by atoms with Crippen LogP contribution in [0.3, 0.4) is 0 Å². The first-order chi connectivity index (χ1) is 13.3. The molecule has 146 valence electrons. The first-order valence-corrected chi connectivity index (χ1v) is 9.20. The van der Waals surface area contributed by atoms with E-state index in [9.17, 15) is 19.7 Å². The highest BCUT2D eigenvalue weighted by Crippen LogP contribution is 2.38. The third kappa shape index (κ3) is 4.10. The maximum atomic E-state index is 12.7. The van der Waals surface area contributed by atoms with Gasteiger partial charge in [0.15, 0.2) is 5.78 Å². The molecule has 7 nitrogen and oxygen atoms in total. The van der Waals surface area contributed by atoms with Gasteiger partial charge in [-0.3, -0.25) is 19.7 Å². The zero-order valence-electron chi connectivity index (χ0n) is 14.4. The second-order valence-electron chi connectivity index (χ2n) is 6.46. The number of nitro benzene ring substituents is 1. The standard InChI is InChI=1S/C19H15Cl2NO6/c20-16-14(18(23)10-2-1-3-12(8-10)22(26)27)6-7-15(17(16)21)28-13-5-4-11(9-13)19(24)25/h1-3,6-8,11,13H,4-5,9H2,(H,24,25)/t11-,13-/m0/s1. The molecule has 2 aromatic rings. The minimum atomic E-state index is -0.854. The van der Waals surface area contributed by atoms with Gasteiger partial charge in [-0.15, -0.1) is 0 Å². The summed E-state index contributed by atoms with van der Waals surface area (Å²) in [4.78, 5) is 34.1. The van der Waals surface area contributed by atoms with Gasteiger partial charge in [-0.05, 0) is 31.4 Å². The van der Waals surface area contributed by atoms with Crippen molar-refractivity contribution in [2.75, 3.05) is 0 Å². The molecule has 0 radical (unpaired) electrons. The van der Waals surface area contributed by atoms with Crippen molar-refractivity contribution in [1.29, 1.82) is 0 Å². The van der Waals surface area contributed by atoms with Gasteiger partial charge >= 0.3 is 5.97 Å². The number of carboxylic acid groups (broad SMARTS) is 1. The number of halogens is 2. The van der Waals surface area contributed by atoms with Crippen molar-refractivity contribution in [2.45, 2.75) is 25.4 Å². The number of ether oxygens (including phenoxy) is 1. The van der Waals surface area contributed by atoms with Gasteiger partial charge in [-0.25, -0.2) is 0 Å². The van der Waals surface area contributed by atoms with Crippen molar-refractivity contribution < 1.29 is 24.4 Å². The number of benzene rings is 2. The summed E-state index contributed by atoms with van der Waals surface area (Å²) in [5, 5.41) is 20.0. The average molecular weight is 424 g/mol. The smallest absolute Gasteiger partial charge is 0.306 e. The molecule has 3 rings (SSSR count). The van der Waals surface area contributed by atoms with Gasteiger partial charge in [0, 0.05) is 23.3 Å². The number of ketones is 1. The quantitative estimate of drug-likeness (QED) is 0.407. The number of rotatable bonds is 6. The van der Waals surface area contributed by atoms with Crippen LogP contribution < -0.4 is 4.74 Å². The van der Waals surface area contributed by atoms with Gasteiger partial charge in [-0.2, -0.15) is 0 Å². The third-order valence-electron chi connectivity index (χ3n) is 4.64. The molecule has 9 heteroatoms. The predicted octanol–water partition coefficient (Wildman–Crippen LogP) is 4.76. The fourth-order valence-corrected chi connectivity index (χ4v) is 3.62. The number of carbonyl (C=O) groups excluding carboxylic acids is 1. The second-order valence-corrected chi connectivity index (χ2v) is 7.22. The molecule has 0 amide bonds. The zero-order chi connectivity index (χ0) is 20.4. The van der Waals surface area contributed by atoms with E-state index in [1.54, 1.807) is 0 Å². The molecule has 0 unspecified atom stereocenters. The summed E-state index contributed by atoms with van der Waals surface area (Å²) >= 11 is 12.5. The van der Waals surface area contributed by atoms with Gasteiger partial charge < -0.3 is 9.84 Å². The molecule has 2 atom stereocenters. The molecule has 2 aromatic carbocycles. The van der Waals surface area contributed by atoms with E-state index in [0.29, 0.717) is 19.3 Å². The maximum Gasteiger partial charge on any atom is 0.306 e. The molecule has 1 fully saturated rings. The Morgan fingerprint density at radius 3 is 2.54 bits per heavy atom. The van der Waals surface area contributed by atoms with E-state index in [4.69, 9.17) is 33.0 Å². The molecular formula is C19H15Cl2NO6. The summed E-state index contributed by atoms with van der Waals surface area (Å²) in [5.74, 6) is -1.55. The Labute approximate surface area is 170 Å². The molecule has 0 aromatic heterocycles. The molecule has 1 saturated carbocycles. The molecule has 1 aliphatic carbocycles. The van der Waals surface area contributed by atoms with Crippen LogP contribution in [0.4, 0.5) is 5.69 Å². The van der Waals surface area contributed by atoms with Crippen LogP contribution in [0.25, 0.3) is 0 Å². The zero-order valence-corrected chi connectivity index (χ0v) is 15.9. The first-order valence-electron chi connectivity index (χ1n) is 8.44. The molecule has 0 spiro atoms. The third-order valence-corrected chi connectivity index (χ3v) is 5.50. The molecule has 1 aliphatic rings. The van der Waals surface area contributed by atoms with Crippen LogP contribution in [0.15, 0.2) is 36.4 Å². The fraction of sp³-hybridized carbons (Fsp3) is 0.263. The monoisotopic (exact) mass is 423 g/mol. The number of nitro groups is 1. The molecule has 0 bridgehead atoms. The minimum Gasteiger partial charge on any atom is -0.489 e. The molecule has 0 heterocycles. The summed E-state index contributed by atoms with van der Waals surface area (Å²) in [6, 6.07) is 8.25. The number of non-ortho nitro benzene ring substituents is 1. The van der Waals surface area contributed by atoms with Crippen molar-refractivity contribution in [3.63, 3.8) is 0 Å². The Hall–Kier alpha value is -2.64. The summed E-state index contributed by atoms with van der Waals surface area (Å²) in [5.41, 5.74) is -0.00230. The van der Waals surface area contributed by atoms with Crippen LogP contribution in [0, 0.1) is 16.0 Å². The van der Waals surface area contributed by atoms with Crippen molar-refractivity contribution in [3.8, 4) is 5.75 Å². The number of hydrogen-bond acceptors (Lipinski definition) is 5. The minimum absolute atomic E-state index is 0.0246. The van der Waals surface area contributed by atoms with Crippen LogP contribution in [-0.4, -0.2) is 27.9 Å². The largest absolute Gasteiger partial charge is 0.489 e. The highest BCUT2D eigenvalue weighted by atomic mass is 35.5. The molecule has 28 heavy (non-hydrogen) atoms. The van der Waals surface area contributed by atoms with Crippen LogP contribution in [0.2, 0.25) is 10.0 Å². The summed E-state index contributed by atoms with van der Waals surface area (Å²) in [6.45, 7) is 0. The second kappa shape index (κ2) is 8.16. The Morgan fingerprint density at radius 2 is 1.89 bits per heavy atom. The highest BCUT2D eigenvalue weighted by Gasteiger charge is 2.31. The Bertz CT molecular complexity index is 961. The normalized spacial score (nSPS) is 18.6. The highest BCUT2D eigenvalue weighted by molar-refractivity contribution is 6.45. The maximum absolute atomic E-state index is 12.7. The lowest BCUT2D eigenvalue weighted by Gasteiger charge is -2.16. The summed E-state index contributed by atoms with van der Waals surface area (Å²) in [6.07, 6.45) is 1.18. The van der Waals surface area contributed by atoms with Crippen LogP contribution in [0.5, 0.6) is 5.75 Å². The molecular weight excluding hydrogens is 409 g/mol. The number of aliphatic carboxylic acids is 1. The summed E-state index contributed by atoms with van der Waals surface area (Å²) in [7, 11) is 0. The number of nitrogens with zero attached hydrogens (tertiary/aromatic N) is 1. The van der Waals surface area contributed by atoms with Crippen LogP contribution >= 0.6 is 23.2 Å². The van der Waals surface area contributed by atoms with E-state index < -0.39 is 22.6 Å². The lowest BCUT2D eigenvalue weighted by Crippen LogP contribution is -2.16. The van der Waals surface area contributed by atoms with Crippen molar-refractivity contribution in [2.24, 2.45) is 5.92 Å². The summed E-state index contributed by atoms with van der Waals surface area (Å²) < 4.78 is 5.78. The van der Waals surface area contributed by atoms with E-state index >= 15 is 0 Å². The SMILES string of the molecule is O=C(c1cccc([N+](=O)[O-])c1)c1ccc(O[C@H]2CC[C@H](C(=O)O)C2)c(Cl)c1Cl. The topological polar surface area (TPSA) is 107 Å². The first kappa shape index (κ1) is 20.1. The molecule has 0 aliphatic heterocycles. The van der Waals surface area contributed by atoms with Crippen LogP contribution in [-0.2, 0) is 4.79 Å². The van der Waals surface area contributed by atoms with Crippen molar-refractivity contribution in [1.82, 2.24) is 0 Å². The lowest BCUT2D eigenvalue weighted by molar-refractivity contribution is -0.384. The number of carboxylic acids is 1. The van der Waals surface area contributed by atoms with Gasteiger partial charge in [0.1, 0.15) is 10.8 Å². The van der Waals surface area contributed by atoms with Crippen molar-refractivity contribution in [3.05, 3.63) is 67.7 Å². The van der Waals surface area contributed by atoms with Gasteiger partial charge in [0.2, 0.25) is 0 Å². The van der Waals surface area contributed by atoms with Gasteiger partial charge in [0.05, 0.1) is 22.0 Å². The number of hydrogen-bond donors (Lipinski definition) is 1. The average Bonchev–Trinajstić information content (AvgIpc) is 3.14. The predicted molar refractivity (Wildman–Crippen MR) is 102 cm³/mol. The number of carbonyl (C=O) groups is 2. The Morgan fingerprint density at radius 1 is 1.14 bits per heavy atom. The fourth-order valence-electron chi connectivity index (χ4n) is 3.17. The van der Waals surface area contributed by atoms with Gasteiger partial charge in [-0.1, -0.05) is 35.3 Å². The molecule has 1 N–H and O–H groups in total. The van der Waals surface area contributed by atoms with E-state index in [1.165, 1.54) is 36.4 Å². The van der Waals surface area contributed by atoms with E-state index in [2.05, 4.69) is 0 Å². The Kier molecular flexibility index (Phi) is 5.86. The van der Waals surface area contributed by atoms with E-state index in [-0.39, 0.29) is 38.7 Å². The van der Waals surface area contributed by atoms with Gasteiger partial charge in [0.25, 0.3) is 5.69 Å². The Balaban J connectivity index is 1.82. The van der Waals surface area contributed by atoms with E-state index in [1.807, 2.05) is 0 Å². The van der Waals surface area contributed by atoms with Crippen LogP contribution in [0.1, 0.15) is 35.2 Å².